The summed E-state index contributed by atoms with van der Waals surface area (Å²) in [6, 6.07) is 0.0730. The van der Waals surface area contributed by atoms with Crippen molar-refractivity contribution in [2.45, 2.75) is 39.7 Å². The van der Waals surface area contributed by atoms with Crippen LogP contribution in [0.5, 0.6) is 0 Å². The molecule has 1 rings (SSSR count). The maximum Gasteiger partial charge on any atom is 0.256 e. The van der Waals surface area contributed by atoms with Crippen molar-refractivity contribution in [2.75, 3.05) is 7.05 Å². The molecule has 1 saturated heterocycles. The second-order valence-corrected chi connectivity index (χ2v) is 4.59. The molecule has 0 radical (unpaired) electrons. The van der Waals surface area contributed by atoms with E-state index in [0.29, 0.717) is 11.1 Å². The summed E-state index contributed by atoms with van der Waals surface area (Å²) in [6.45, 7) is 5.47. The molecule has 1 fully saturated rings. The smallest absolute Gasteiger partial charge is 0.256 e. The topological polar surface area (TPSA) is 66.5 Å². The molecule has 17 heavy (non-hydrogen) atoms. The van der Waals surface area contributed by atoms with Crippen LogP contribution in [0.2, 0.25) is 0 Å². The molecule has 0 aromatic rings. The zero-order valence-corrected chi connectivity index (χ0v) is 10.7. The van der Waals surface area contributed by atoms with E-state index in [1.165, 1.54) is 7.05 Å². The van der Waals surface area contributed by atoms with E-state index >= 15 is 0 Å². The van der Waals surface area contributed by atoms with Crippen LogP contribution < -0.4 is 5.32 Å². The average molecular weight is 238 g/mol. The Hall–Kier alpha value is -1.65. The van der Waals surface area contributed by atoms with Gasteiger partial charge in [-0.25, -0.2) is 0 Å². The third kappa shape index (κ3) is 3.15. The van der Waals surface area contributed by atoms with Crippen LogP contribution in [0.15, 0.2) is 11.1 Å². The van der Waals surface area contributed by atoms with Gasteiger partial charge in [-0.3, -0.25) is 19.3 Å². The summed E-state index contributed by atoms with van der Waals surface area (Å²) in [6.07, 6.45) is 0.274. The molecule has 0 atom stereocenters. The van der Waals surface area contributed by atoms with Crippen molar-refractivity contribution in [1.29, 1.82) is 0 Å². The Morgan fingerprint density at radius 3 is 2.41 bits per heavy atom. The first-order valence-electron chi connectivity index (χ1n) is 5.61. The number of nitrogens with one attached hydrogen (secondary N) is 1. The third-order valence-corrected chi connectivity index (χ3v) is 2.66. The third-order valence-electron chi connectivity index (χ3n) is 2.66. The zero-order valence-electron chi connectivity index (χ0n) is 10.7. The zero-order chi connectivity index (χ0) is 13.2. The van der Waals surface area contributed by atoms with Crippen LogP contribution in [0.25, 0.3) is 0 Å². The number of hydrogen-bond donors (Lipinski definition) is 1. The molecule has 5 nitrogen and oxygen atoms in total. The summed E-state index contributed by atoms with van der Waals surface area (Å²) >= 11 is 0. The second kappa shape index (κ2) is 5.12. The van der Waals surface area contributed by atoms with Crippen molar-refractivity contribution in [3.8, 4) is 0 Å². The summed E-state index contributed by atoms with van der Waals surface area (Å²) in [5, 5.41) is 2.75. The van der Waals surface area contributed by atoms with E-state index in [1.807, 2.05) is 13.8 Å². The maximum absolute atomic E-state index is 11.7. The molecule has 3 amide bonds. The van der Waals surface area contributed by atoms with Crippen molar-refractivity contribution in [3.05, 3.63) is 11.1 Å². The van der Waals surface area contributed by atoms with Crippen LogP contribution in [0, 0.1) is 0 Å². The van der Waals surface area contributed by atoms with Gasteiger partial charge in [-0.2, -0.15) is 0 Å². The van der Waals surface area contributed by atoms with Gasteiger partial charge in [-0.05, 0) is 20.8 Å². The molecule has 0 bridgehead atoms. The number of likely N-dealkylation sites (N-methyl/N-ethyl adjacent to an activating group) is 1. The van der Waals surface area contributed by atoms with E-state index in [-0.39, 0.29) is 36.6 Å². The van der Waals surface area contributed by atoms with Crippen molar-refractivity contribution in [1.82, 2.24) is 10.2 Å². The molecule has 0 spiro atoms. The van der Waals surface area contributed by atoms with Crippen LogP contribution in [-0.4, -0.2) is 35.7 Å². The van der Waals surface area contributed by atoms with Gasteiger partial charge in [0.05, 0.1) is 6.42 Å². The molecule has 1 N–H and O–H groups in total. The van der Waals surface area contributed by atoms with Crippen LogP contribution in [0.3, 0.4) is 0 Å². The van der Waals surface area contributed by atoms with Gasteiger partial charge in [0.15, 0.2) is 0 Å². The Morgan fingerprint density at radius 2 is 2.00 bits per heavy atom. The Balaban J connectivity index is 2.75. The van der Waals surface area contributed by atoms with Gasteiger partial charge in [0.25, 0.3) is 5.91 Å². The summed E-state index contributed by atoms with van der Waals surface area (Å²) < 4.78 is 0. The minimum atomic E-state index is -0.287. The first kappa shape index (κ1) is 13.4. The fourth-order valence-electron chi connectivity index (χ4n) is 1.72. The summed E-state index contributed by atoms with van der Waals surface area (Å²) in [7, 11) is 1.46. The molecule has 94 valence electrons. The van der Waals surface area contributed by atoms with Crippen LogP contribution in [0.1, 0.15) is 33.6 Å². The number of imide groups is 1. The van der Waals surface area contributed by atoms with E-state index < -0.39 is 0 Å². The van der Waals surface area contributed by atoms with Crippen molar-refractivity contribution >= 4 is 17.7 Å². The highest BCUT2D eigenvalue weighted by molar-refractivity contribution is 6.13. The molecule has 0 aromatic heterocycles. The maximum atomic E-state index is 11.7. The standard InChI is InChI=1S/C12H18N2O3/c1-7(2)13-10(15)5-8(3)9-6-11(16)14(4)12(9)17/h7H,5-6H2,1-4H3,(H,13,15)/b9-8-. The molecular formula is C12H18N2O3. The first-order chi connectivity index (χ1) is 7.82. The number of rotatable bonds is 3. The van der Waals surface area contributed by atoms with E-state index in [2.05, 4.69) is 5.32 Å². The molecule has 5 heteroatoms. The predicted molar refractivity (Wildman–Crippen MR) is 63.0 cm³/mol. The molecule has 0 unspecified atom stereocenters. The first-order valence-corrected chi connectivity index (χ1v) is 5.61. The van der Waals surface area contributed by atoms with Gasteiger partial charge >= 0.3 is 0 Å². The number of nitrogens with zero attached hydrogens (tertiary/aromatic N) is 1. The number of amides is 3. The van der Waals surface area contributed by atoms with Gasteiger partial charge in [0, 0.05) is 25.1 Å². The minimum Gasteiger partial charge on any atom is -0.354 e. The molecule has 1 aliphatic heterocycles. The quantitative estimate of drug-likeness (QED) is 0.578. The van der Waals surface area contributed by atoms with Gasteiger partial charge in [-0.15, -0.1) is 0 Å². The van der Waals surface area contributed by atoms with E-state index in [0.717, 1.165) is 4.90 Å². The minimum absolute atomic E-state index is 0.0730. The van der Waals surface area contributed by atoms with Crippen LogP contribution >= 0.6 is 0 Å². The summed E-state index contributed by atoms with van der Waals surface area (Å²) in [5.41, 5.74) is 1.13. The molecular weight excluding hydrogens is 220 g/mol. The fourth-order valence-corrected chi connectivity index (χ4v) is 1.72. The predicted octanol–water partition coefficient (Wildman–Crippen LogP) is 0.606. The molecule has 0 saturated carbocycles. The second-order valence-electron chi connectivity index (χ2n) is 4.59. The molecule has 1 aliphatic rings. The molecule has 0 aliphatic carbocycles. The summed E-state index contributed by atoms with van der Waals surface area (Å²) in [5.74, 6) is -0.627. The van der Waals surface area contributed by atoms with Gasteiger partial charge in [0.2, 0.25) is 11.8 Å². The fraction of sp³-hybridized carbons (Fsp3) is 0.583. The highest BCUT2D eigenvalue weighted by Crippen LogP contribution is 2.22. The number of likely N-dealkylation sites (tertiary alicyclic amines) is 1. The van der Waals surface area contributed by atoms with E-state index in [1.54, 1.807) is 6.92 Å². The number of carbonyl (C=O) groups is 3. The van der Waals surface area contributed by atoms with Crippen LogP contribution in [-0.2, 0) is 14.4 Å². The lowest BCUT2D eigenvalue weighted by Gasteiger charge is -2.09. The lowest BCUT2D eigenvalue weighted by Crippen LogP contribution is -2.30. The average Bonchev–Trinajstić information content (AvgIpc) is 2.44. The SMILES string of the molecule is C/C(CC(=O)NC(C)C)=C1\CC(=O)N(C)C1=O. The lowest BCUT2D eigenvalue weighted by molar-refractivity contribution is -0.136. The van der Waals surface area contributed by atoms with Crippen molar-refractivity contribution in [2.24, 2.45) is 0 Å². The largest absolute Gasteiger partial charge is 0.354 e. The molecule has 1 heterocycles. The normalized spacial score (nSPS) is 19.0. The van der Waals surface area contributed by atoms with Gasteiger partial charge < -0.3 is 5.32 Å². The Bertz CT molecular complexity index is 397. The van der Waals surface area contributed by atoms with E-state index in [9.17, 15) is 14.4 Å². The number of hydrogen-bond acceptors (Lipinski definition) is 3. The van der Waals surface area contributed by atoms with Crippen molar-refractivity contribution in [3.63, 3.8) is 0 Å². The Morgan fingerprint density at radius 1 is 1.41 bits per heavy atom. The molecule has 0 aromatic carbocycles. The lowest BCUT2D eigenvalue weighted by atomic mass is 10.0. The van der Waals surface area contributed by atoms with Crippen LogP contribution in [0.4, 0.5) is 0 Å². The Labute approximate surface area is 101 Å². The number of carbonyl (C=O) groups excluding carboxylic acids is 3. The summed E-state index contributed by atoms with van der Waals surface area (Å²) in [4.78, 5) is 35.6. The van der Waals surface area contributed by atoms with Gasteiger partial charge in [-0.1, -0.05) is 5.57 Å². The highest BCUT2D eigenvalue weighted by atomic mass is 16.2. The van der Waals surface area contributed by atoms with Gasteiger partial charge in [0.1, 0.15) is 0 Å². The van der Waals surface area contributed by atoms with Crippen molar-refractivity contribution < 1.29 is 14.4 Å². The Kier molecular flexibility index (Phi) is 4.04. The van der Waals surface area contributed by atoms with E-state index in [4.69, 9.17) is 0 Å². The monoisotopic (exact) mass is 238 g/mol. The highest BCUT2D eigenvalue weighted by Gasteiger charge is 2.32.